The summed E-state index contributed by atoms with van der Waals surface area (Å²) in [6, 6.07) is 0.820. The number of nitrogens with zero attached hydrogens (tertiary/aromatic N) is 2. The molecule has 4 saturated carbocycles. The molecule has 5 nitrogen and oxygen atoms in total. The first kappa shape index (κ1) is 22.3. The number of carbonyl (C=O) groups is 1. The number of piperazine rings is 1. The van der Waals surface area contributed by atoms with E-state index in [0.717, 1.165) is 90.8 Å². The van der Waals surface area contributed by atoms with Crippen molar-refractivity contribution in [3.8, 4) is 0 Å². The molecule has 0 spiro atoms. The molecule has 4 bridgehead atoms. The third kappa shape index (κ3) is 4.12. The summed E-state index contributed by atoms with van der Waals surface area (Å²) in [5.74, 6) is 3.76. The van der Waals surface area contributed by atoms with Gasteiger partial charge in [0.15, 0.2) is 5.11 Å². The SMILES string of the molecule is CCOC(=O)c1c(NC(=S)N2CCN(C3C4CC5CC(C4)CC3C5)CC2)sc2c1CCCC2. The summed E-state index contributed by atoms with van der Waals surface area (Å²) in [4.78, 5) is 19.2. The monoisotopic (exact) mass is 487 g/mol. The Kier molecular flexibility index (Phi) is 6.16. The van der Waals surface area contributed by atoms with Crippen LogP contribution in [-0.2, 0) is 17.6 Å². The van der Waals surface area contributed by atoms with Gasteiger partial charge in [-0.2, -0.15) is 0 Å². The van der Waals surface area contributed by atoms with Gasteiger partial charge >= 0.3 is 5.97 Å². The molecule has 1 aliphatic heterocycles. The van der Waals surface area contributed by atoms with Gasteiger partial charge in [-0.05, 0) is 106 Å². The van der Waals surface area contributed by atoms with Gasteiger partial charge in [0.25, 0.3) is 0 Å². The van der Waals surface area contributed by atoms with Gasteiger partial charge in [-0.25, -0.2) is 4.79 Å². The predicted molar refractivity (Wildman–Crippen MR) is 137 cm³/mol. The lowest BCUT2D eigenvalue weighted by molar-refractivity contribution is -0.0726. The van der Waals surface area contributed by atoms with E-state index >= 15 is 0 Å². The van der Waals surface area contributed by atoms with Gasteiger partial charge in [0, 0.05) is 37.1 Å². The molecule has 7 rings (SSSR count). The third-order valence-corrected chi connectivity index (χ3v) is 10.6. The maximum atomic E-state index is 12.8. The zero-order valence-electron chi connectivity index (χ0n) is 19.8. The fraction of sp³-hybridized carbons (Fsp3) is 0.769. The molecular formula is C26H37N3O2S2. The largest absolute Gasteiger partial charge is 0.462 e. The van der Waals surface area contributed by atoms with Crippen LogP contribution >= 0.6 is 23.6 Å². The summed E-state index contributed by atoms with van der Waals surface area (Å²) in [5.41, 5.74) is 1.94. The summed E-state index contributed by atoms with van der Waals surface area (Å²) < 4.78 is 5.41. The average Bonchev–Trinajstić information content (AvgIpc) is 3.17. The topological polar surface area (TPSA) is 44.8 Å². The lowest BCUT2D eigenvalue weighted by Gasteiger charge is -2.58. The Bertz CT molecular complexity index is 893. The minimum absolute atomic E-state index is 0.200. The fourth-order valence-corrected chi connectivity index (χ4v) is 9.59. The Morgan fingerprint density at radius 3 is 2.36 bits per heavy atom. The molecule has 1 aromatic heterocycles. The lowest BCUT2D eigenvalue weighted by Crippen LogP contribution is -2.60. The van der Waals surface area contributed by atoms with E-state index in [4.69, 9.17) is 17.0 Å². The maximum Gasteiger partial charge on any atom is 0.341 e. The summed E-state index contributed by atoms with van der Waals surface area (Å²) in [6.07, 6.45) is 11.8. The fourth-order valence-electron chi connectivity index (χ4n) is 7.97. The highest BCUT2D eigenvalue weighted by Gasteiger charge is 2.50. The molecule has 180 valence electrons. The molecule has 0 unspecified atom stereocenters. The molecule has 1 aromatic rings. The van der Waals surface area contributed by atoms with E-state index in [1.807, 2.05) is 6.92 Å². The van der Waals surface area contributed by atoms with E-state index in [1.165, 1.54) is 49.0 Å². The van der Waals surface area contributed by atoms with Crippen molar-refractivity contribution in [3.63, 3.8) is 0 Å². The summed E-state index contributed by atoms with van der Waals surface area (Å²) in [5, 5.41) is 5.14. The normalized spacial score (nSPS) is 33.1. The van der Waals surface area contributed by atoms with Crippen LogP contribution in [0.3, 0.4) is 0 Å². The summed E-state index contributed by atoms with van der Waals surface area (Å²) in [6.45, 7) is 6.46. The first-order valence-corrected chi connectivity index (χ1v) is 14.4. The molecule has 0 aromatic carbocycles. The second-order valence-corrected chi connectivity index (χ2v) is 12.5. The average molecular weight is 488 g/mol. The Balaban J connectivity index is 1.11. The van der Waals surface area contributed by atoms with Crippen molar-refractivity contribution in [2.45, 2.75) is 70.8 Å². The molecule has 1 saturated heterocycles. The van der Waals surface area contributed by atoms with Gasteiger partial charge in [-0.3, -0.25) is 4.90 Å². The molecule has 6 aliphatic rings. The van der Waals surface area contributed by atoms with Crippen molar-refractivity contribution >= 4 is 39.6 Å². The number of carbonyl (C=O) groups excluding carboxylic acids is 1. The number of aryl methyl sites for hydroxylation is 1. The van der Waals surface area contributed by atoms with Crippen LogP contribution in [0.15, 0.2) is 0 Å². The van der Waals surface area contributed by atoms with E-state index in [0.29, 0.717) is 6.61 Å². The van der Waals surface area contributed by atoms with Crippen molar-refractivity contribution in [2.75, 3.05) is 38.1 Å². The third-order valence-electron chi connectivity index (χ3n) is 9.07. The smallest absolute Gasteiger partial charge is 0.341 e. The Labute approximate surface area is 207 Å². The minimum atomic E-state index is -0.200. The maximum absolute atomic E-state index is 12.8. The summed E-state index contributed by atoms with van der Waals surface area (Å²) in [7, 11) is 0. The molecule has 2 heterocycles. The van der Waals surface area contributed by atoms with Crippen LogP contribution in [0.2, 0.25) is 0 Å². The van der Waals surface area contributed by atoms with Crippen LogP contribution in [-0.4, -0.2) is 59.7 Å². The van der Waals surface area contributed by atoms with Crippen molar-refractivity contribution in [1.29, 1.82) is 0 Å². The number of ether oxygens (including phenoxy) is 1. The van der Waals surface area contributed by atoms with E-state index in [2.05, 4.69) is 15.1 Å². The quantitative estimate of drug-likeness (QED) is 0.479. The molecule has 1 N–H and O–H groups in total. The first-order chi connectivity index (χ1) is 16.1. The molecule has 0 radical (unpaired) electrons. The van der Waals surface area contributed by atoms with E-state index < -0.39 is 0 Å². The highest BCUT2D eigenvalue weighted by atomic mass is 32.1. The Hall–Kier alpha value is -1.18. The van der Waals surface area contributed by atoms with Crippen LogP contribution in [0.4, 0.5) is 5.00 Å². The van der Waals surface area contributed by atoms with E-state index in [9.17, 15) is 4.79 Å². The van der Waals surface area contributed by atoms with Gasteiger partial charge in [-0.1, -0.05) is 0 Å². The number of hydrogen-bond acceptors (Lipinski definition) is 5. The Morgan fingerprint density at radius 2 is 1.70 bits per heavy atom. The van der Waals surface area contributed by atoms with Crippen LogP contribution in [0.5, 0.6) is 0 Å². The molecule has 5 aliphatic carbocycles. The number of fused-ring (bicyclic) bond motifs is 1. The number of thiocarbonyl (C=S) groups is 1. The second kappa shape index (κ2) is 9.12. The van der Waals surface area contributed by atoms with Gasteiger partial charge in [0.2, 0.25) is 0 Å². The minimum Gasteiger partial charge on any atom is -0.462 e. The van der Waals surface area contributed by atoms with Crippen LogP contribution < -0.4 is 5.32 Å². The highest BCUT2D eigenvalue weighted by Crippen LogP contribution is 2.55. The number of rotatable bonds is 4. The van der Waals surface area contributed by atoms with Gasteiger partial charge in [0.1, 0.15) is 5.00 Å². The molecule has 33 heavy (non-hydrogen) atoms. The summed E-state index contributed by atoms with van der Waals surface area (Å²) >= 11 is 7.57. The van der Waals surface area contributed by atoms with Crippen molar-refractivity contribution in [1.82, 2.24) is 9.80 Å². The Morgan fingerprint density at radius 1 is 1.03 bits per heavy atom. The van der Waals surface area contributed by atoms with Crippen LogP contribution in [0, 0.1) is 23.7 Å². The van der Waals surface area contributed by atoms with Crippen LogP contribution in [0.25, 0.3) is 0 Å². The van der Waals surface area contributed by atoms with E-state index in [1.54, 1.807) is 11.3 Å². The van der Waals surface area contributed by atoms with Crippen molar-refractivity contribution < 1.29 is 9.53 Å². The first-order valence-electron chi connectivity index (χ1n) is 13.2. The molecule has 0 amide bonds. The number of hydrogen-bond donors (Lipinski definition) is 1. The zero-order chi connectivity index (χ0) is 22.5. The van der Waals surface area contributed by atoms with Crippen LogP contribution in [0.1, 0.15) is 72.7 Å². The number of anilines is 1. The standard InChI is InChI=1S/C26H37N3O2S2/c1-2-31-25(30)22-20-5-3-4-6-21(20)33-24(22)27-26(32)29-9-7-28(8-10-29)23-18-12-16-11-17(14-18)15-19(23)13-16/h16-19,23H,2-15H2,1H3,(H,27,32). The number of thiophene rings is 1. The zero-order valence-corrected chi connectivity index (χ0v) is 21.4. The molecule has 5 fully saturated rings. The second-order valence-electron chi connectivity index (χ2n) is 11.0. The van der Waals surface area contributed by atoms with E-state index in [-0.39, 0.29) is 5.97 Å². The number of esters is 1. The van der Waals surface area contributed by atoms with Crippen molar-refractivity contribution in [3.05, 3.63) is 16.0 Å². The van der Waals surface area contributed by atoms with Gasteiger partial charge in [0.05, 0.1) is 12.2 Å². The lowest BCUT2D eigenvalue weighted by atomic mass is 9.54. The van der Waals surface area contributed by atoms with Crippen molar-refractivity contribution in [2.24, 2.45) is 23.7 Å². The predicted octanol–water partition coefficient (Wildman–Crippen LogP) is 4.94. The molecule has 7 heteroatoms. The molecule has 0 atom stereocenters. The van der Waals surface area contributed by atoms with Gasteiger partial charge in [-0.15, -0.1) is 11.3 Å². The highest BCUT2D eigenvalue weighted by molar-refractivity contribution is 7.80. The number of nitrogens with one attached hydrogen (secondary N) is 1. The molecular weight excluding hydrogens is 450 g/mol. The van der Waals surface area contributed by atoms with Gasteiger partial charge < -0.3 is 15.0 Å².